The topological polar surface area (TPSA) is 77.0 Å². The smallest absolute Gasteiger partial charge is 0.276 e. The molecule has 0 bridgehead atoms. The number of carbonyl (C=O) groups excluding carboxylic acids is 1. The van der Waals surface area contributed by atoms with E-state index in [0.717, 1.165) is 49.8 Å². The van der Waals surface area contributed by atoms with E-state index in [1.807, 2.05) is 4.90 Å². The molecule has 0 unspecified atom stereocenters. The first-order valence-electron chi connectivity index (χ1n) is 7.95. The van der Waals surface area contributed by atoms with E-state index in [4.69, 9.17) is 4.52 Å². The number of aromatic nitrogens is 4. The maximum absolute atomic E-state index is 12.7. The van der Waals surface area contributed by atoms with Crippen molar-refractivity contribution >= 4 is 5.91 Å². The average molecular weight is 301 g/mol. The van der Waals surface area contributed by atoms with Crippen LogP contribution in [0.5, 0.6) is 0 Å². The summed E-state index contributed by atoms with van der Waals surface area (Å²) in [6.07, 6.45) is 9.19. The van der Waals surface area contributed by atoms with Gasteiger partial charge in [0.2, 0.25) is 0 Å². The number of hydrogen-bond donors (Lipinski definition) is 0. The van der Waals surface area contributed by atoms with Crippen molar-refractivity contribution in [3.8, 4) is 0 Å². The summed E-state index contributed by atoms with van der Waals surface area (Å²) in [6.45, 7) is 1.43. The molecular formula is C15H19N5O2. The Morgan fingerprint density at radius 3 is 2.64 bits per heavy atom. The molecule has 7 heteroatoms. The molecule has 1 amide bonds. The minimum Gasteiger partial charge on any atom is -0.360 e. The first-order valence-corrected chi connectivity index (χ1v) is 7.95. The van der Waals surface area contributed by atoms with Crippen LogP contribution < -0.4 is 0 Å². The minimum absolute atomic E-state index is 0.0128. The van der Waals surface area contributed by atoms with E-state index in [9.17, 15) is 4.79 Å². The first-order chi connectivity index (χ1) is 10.8. The molecule has 1 saturated heterocycles. The molecule has 116 valence electrons. The van der Waals surface area contributed by atoms with Gasteiger partial charge in [0.15, 0.2) is 5.69 Å². The molecule has 2 aromatic heterocycles. The summed E-state index contributed by atoms with van der Waals surface area (Å²) in [5.41, 5.74) is 1.57. The van der Waals surface area contributed by atoms with Gasteiger partial charge in [-0.15, -0.1) is 0 Å². The molecule has 0 radical (unpaired) electrons. The van der Waals surface area contributed by atoms with Crippen LogP contribution in [0.4, 0.5) is 0 Å². The van der Waals surface area contributed by atoms with E-state index in [0.29, 0.717) is 18.8 Å². The predicted octanol–water partition coefficient (Wildman–Crippen LogP) is 1.62. The lowest BCUT2D eigenvalue weighted by Crippen LogP contribution is -2.40. The van der Waals surface area contributed by atoms with Gasteiger partial charge in [0, 0.05) is 25.1 Å². The maximum atomic E-state index is 12.7. The van der Waals surface area contributed by atoms with E-state index in [-0.39, 0.29) is 11.9 Å². The lowest BCUT2D eigenvalue weighted by molar-refractivity contribution is 0.0672. The van der Waals surface area contributed by atoms with Gasteiger partial charge in [-0.05, 0) is 32.1 Å². The lowest BCUT2D eigenvalue weighted by Gasteiger charge is -2.31. The molecule has 0 aromatic carbocycles. The second-order valence-electron chi connectivity index (χ2n) is 6.01. The van der Waals surface area contributed by atoms with E-state index in [1.54, 1.807) is 17.2 Å². The normalized spacial score (nSPS) is 19.2. The molecule has 0 saturated carbocycles. The van der Waals surface area contributed by atoms with Gasteiger partial charge in [0.25, 0.3) is 5.91 Å². The van der Waals surface area contributed by atoms with Crippen molar-refractivity contribution in [3.63, 3.8) is 0 Å². The summed E-state index contributed by atoms with van der Waals surface area (Å²) < 4.78 is 5.36. The lowest BCUT2D eigenvalue weighted by atomic mass is 9.96. The summed E-state index contributed by atoms with van der Waals surface area (Å²) >= 11 is 0. The van der Waals surface area contributed by atoms with Crippen molar-refractivity contribution < 1.29 is 9.32 Å². The molecule has 1 aliphatic heterocycles. The molecule has 0 atom stereocenters. The Labute approximate surface area is 128 Å². The fourth-order valence-electron chi connectivity index (χ4n) is 3.42. The fraction of sp³-hybridized carbons (Fsp3) is 0.600. The SMILES string of the molecule is O=C(c1noc2c1CCCC2)N1CCC(n2nccn2)CC1. The highest BCUT2D eigenvalue weighted by Gasteiger charge is 2.30. The molecule has 3 heterocycles. The van der Waals surface area contributed by atoms with E-state index >= 15 is 0 Å². The van der Waals surface area contributed by atoms with Crippen LogP contribution >= 0.6 is 0 Å². The minimum atomic E-state index is 0.0128. The second-order valence-corrected chi connectivity index (χ2v) is 6.01. The number of nitrogens with zero attached hydrogens (tertiary/aromatic N) is 5. The van der Waals surface area contributed by atoms with Gasteiger partial charge in [-0.2, -0.15) is 15.0 Å². The van der Waals surface area contributed by atoms with Crippen molar-refractivity contribution in [2.24, 2.45) is 0 Å². The number of aryl methyl sites for hydroxylation is 1. The van der Waals surface area contributed by atoms with Gasteiger partial charge in [0.05, 0.1) is 18.4 Å². The van der Waals surface area contributed by atoms with Crippen molar-refractivity contribution in [1.82, 2.24) is 25.1 Å². The number of amides is 1. The quantitative estimate of drug-likeness (QED) is 0.842. The van der Waals surface area contributed by atoms with Gasteiger partial charge in [0.1, 0.15) is 5.76 Å². The van der Waals surface area contributed by atoms with E-state index in [2.05, 4.69) is 15.4 Å². The summed E-state index contributed by atoms with van der Waals surface area (Å²) in [5, 5.41) is 12.4. The zero-order chi connectivity index (χ0) is 14.9. The monoisotopic (exact) mass is 301 g/mol. The Balaban J connectivity index is 1.45. The molecule has 4 rings (SSSR count). The zero-order valence-electron chi connectivity index (χ0n) is 12.4. The zero-order valence-corrected chi connectivity index (χ0v) is 12.4. The second kappa shape index (κ2) is 5.55. The van der Waals surface area contributed by atoms with Crippen molar-refractivity contribution in [2.45, 2.75) is 44.6 Å². The van der Waals surface area contributed by atoms with Crippen molar-refractivity contribution in [1.29, 1.82) is 0 Å². The van der Waals surface area contributed by atoms with Crippen molar-refractivity contribution in [3.05, 3.63) is 29.4 Å². The van der Waals surface area contributed by atoms with Crippen molar-refractivity contribution in [2.75, 3.05) is 13.1 Å². The van der Waals surface area contributed by atoms with Crippen LogP contribution in [0.1, 0.15) is 53.5 Å². The summed E-state index contributed by atoms with van der Waals surface area (Å²) in [4.78, 5) is 16.3. The summed E-state index contributed by atoms with van der Waals surface area (Å²) in [6, 6.07) is 0.283. The Morgan fingerprint density at radius 2 is 1.86 bits per heavy atom. The van der Waals surface area contributed by atoms with Crippen LogP contribution in [0.3, 0.4) is 0 Å². The van der Waals surface area contributed by atoms with Gasteiger partial charge >= 0.3 is 0 Å². The van der Waals surface area contributed by atoms with Crippen LogP contribution in [0.25, 0.3) is 0 Å². The van der Waals surface area contributed by atoms with Crippen LogP contribution in [-0.2, 0) is 12.8 Å². The molecule has 1 fully saturated rings. The van der Waals surface area contributed by atoms with Gasteiger partial charge in [-0.3, -0.25) is 4.79 Å². The van der Waals surface area contributed by atoms with Gasteiger partial charge in [-0.25, -0.2) is 0 Å². The standard InChI is InChI=1S/C15H19N5O2/c21-15(14-12-3-1-2-4-13(12)22-18-14)19-9-5-11(6-10-19)20-16-7-8-17-20/h7-8,11H,1-6,9-10H2. The first kappa shape index (κ1) is 13.5. The molecule has 0 N–H and O–H groups in total. The summed E-state index contributed by atoms with van der Waals surface area (Å²) in [7, 11) is 0. The highest BCUT2D eigenvalue weighted by atomic mass is 16.5. The van der Waals surface area contributed by atoms with Crippen LogP contribution in [0, 0.1) is 0 Å². The molecule has 2 aliphatic rings. The highest BCUT2D eigenvalue weighted by Crippen LogP contribution is 2.27. The van der Waals surface area contributed by atoms with E-state index < -0.39 is 0 Å². The Hall–Kier alpha value is -2.18. The molecular weight excluding hydrogens is 282 g/mol. The van der Waals surface area contributed by atoms with Crippen LogP contribution in [0.15, 0.2) is 16.9 Å². The third-order valence-electron chi connectivity index (χ3n) is 4.67. The van der Waals surface area contributed by atoms with Crippen LogP contribution in [-0.4, -0.2) is 44.0 Å². The molecule has 7 nitrogen and oxygen atoms in total. The molecule has 2 aromatic rings. The average Bonchev–Trinajstić information content (AvgIpc) is 3.24. The highest BCUT2D eigenvalue weighted by molar-refractivity contribution is 5.94. The van der Waals surface area contributed by atoms with Gasteiger partial charge in [-0.1, -0.05) is 5.16 Å². The Bertz CT molecular complexity index is 656. The number of rotatable bonds is 2. The maximum Gasteiger partial charge on any atom is 0.276 e. The number of piperidine rings is 1. The number of fused-ring (bicyclic) bond motifs is 1. The summed E-state index contributed by atoms with van der Waals surface area (Å²) in [5.74, 6) is 0.920. The predicted molar refractivity (Wildman–Crippen MR) is 77.3 cm³/mol. The largest absolute Gasteiger partial charge is 0.360 e. The number of likely N-dealkylation sites (tertiary alicyclic amines) is 1. The molecule has 1 aliphatic carbocycles. The molecule has 22 heavy (non-hydrogen) atoms. The fourth-order valence-corrected chi connectivity index (χ4v) is 3.42. The third-order valence-corrected chi connectivity index (χ3v) is 4.67. The van der Waals surface area contributed by atoms with Gasteiger partial charge < -0.3 is 9.42 Å². The van der Waals surface area contributed by atoms with Crippen LogP contribution in [0.2, 0.25) is 0 Å². The molecule has 0 spiro atoms. The Morgan fingerprint density at radius 1 is 1.14 bits per heavy atom. The Kier molecular flexibility index (Phi) is 3.40. The van der Waals surface area contributed by atoms with E-state index in [1.165, 1.54) is 0 Å². The third kappa shape index (κ3) is 2.30. The number of hydrogen-bond acceptors (Lipinski definition) is 5. The number of carbonyl (C=O) groups is 1.